The van der Waals surface area contributed by atoms with Crippen LogP contribution in [0.15, 0.2) is 0 Å². The molecule has 24 heavy (non-hydrogen) atoms. The lowest BCUT2D eigenvalue weighted by Gasteiger charge is -2.37. The number of hydrogen-bond donors (Lipinski definition) is 0. The minimum atomic E-state index is -1.83. The summed E-state index contributed by atoms with van der Waals surface area (Å²) in [6.45, 7) is 18.2. The van der Waals surface area contributed by atoms with Crippen molar-refractivity contribution in [2.24, 2.45) is 5.92 Å². The summed E-state index contributed by atoms with van der Waals surface area (Å²) in [6, 6.07) is 0. The van der Waals surface area contributed by atoms with E-state index in [2.05, 4.69) is 33.9 Å². The molecule has 0 aromatic carbocycles. The van der Waals surface area contributed by atoms with Crippen LogP contribution in [0.3, 0.4) is 0 Å². The lowest BCUT2D eigenvalue weighted by Crippen LogP contribution is -2.44. The molecule has 0 atom stereocenters. The molecule has 0 unspecified atom stereocenters. The molecule has 0 aromatic rings. The smallest absolute Gasteiger partial charge is 0.222 e. The molecule has 5 nitrogen and oxygen atoms in total. The van der Waals surface area contributed by atoms with Crippen molar-refractivity contribution in [1.82, 2.24) is 9.80 Å². The van der Waals surface area contributed by atoms with Gasteiger partial charge in [-0.2, -0.15) is 0 Å². The Morgan fingerprint density at radius 2 is 1.42 bits per heavy atom. The molecule has 140 valence electrons. The monoisotopic (exact) mass is 356 g/mol. The largest absolute Gasteiger partial charge is 0.416 e. The molecule has 1 aliphatic heterocycles. The highest BCUT2D eigenvalue weighted by Gasteiger charge is 2.38. The van der Waals surface area contributed by atoms with Gasteiger partial charge in [-0.1, -0.05) is 34.6 Å². The van der Waals surface area contributed by atoms with Crippen LogP contribution in [0.5, 0.6) is 0 Å². The van der Waals surface area contributed by atoms with Crippen LogP contribution in [0, 0.1) is 5.92 Å². The van der Waals surface area contributed by atoms with E-state index in [1.54, 1.807) is 0 Å². The fraction of sp³-hybridized carbons (Fsp3) is 0.889. The minimum Gasteiger partial charge on any atom is -0.416 e. The highest BCUT2D eigenvalue weighted by Crippen LogP contribution is 2.36. The van der Waals surface area contributed by atoms with Crippen molar-refractivity contribution in [1.29, 1.82) is 0 Å². The second-order valence-electron chi connectivity index (χ2n) is 8.32. The molecule has 1 saturated heterocycles. The maximum absolute atomic E-state index is 12.2. The highest BCUT2D eigenvalue weighted by atomic mass is 28.4. The van der Waals surface area contributed by atoms with Gasteiger partial charge in [0.25, 0.3) is 0 Å². The van der Waals surface area contributed by atoms with E-state index < -0.39 is 8.32 Å². The second-order valence-corrected chi connectivity index (χ2v) is 13.1. The first-order chi connectivity index (χ1) is 11.0. The third-order valence-corrected chi connectivity index (χ3v) is 9.89. The summed E-state index contributed by atoms with van der Waals surface area (Å²) in [7, 11) is -1.83. The minimum absolute atomic E-state index is 0.162. The van der Waals surface area contributed by atoms with Gasteiger partial charge < -0.3 is 14.2 Å². The van der Waals surface area contributed by atoms with Crippen molar-refractivity contribution in [3.05, 3.63) is 0 Å². The van der Waals surface area contributed by atoms with E-state index in [0.717, 1.165) is 0 Å². The number of nitrogens with zero attached hydrogens (tertiary/aromatic N) is 2. The molecule has 2 amide bonds. The van der Waals surface area contributed by atoms with Gasteiger partial charge >= 0.3 is 0 Å². The first-order valence-electron chi connectivity index (χ1n) is 9.21. The Labute approximate surface area is 148 Å². The zero-order chi connectivity index (χ0) is 18.5. The first kappa shape index (κ1) is 21.2. The van der Waals surface area contributed by atoms with Crippen molar-refractivity contribution in [2.45, 2.75) is 65.6 Å². The van der Waals surface area contributed by atoms with E-state index in [-0.39, 0.29) is 22.8 Å². The molecule has 0 radical (unpaired) electrons. The van der Waals surface area contributed by atoms with E-state index in [1.165, 1.54) is 0 Å². The molecule has 0 aliphatic carbocycles. The third kappa shape index (κ3) is 5.58. The fourth-order valence-corrected chi connectivity index (χ4v) is 3.74. The molecular weight excluding hydrogens is 320 g/mol. The Bertz CT molecular complexity index is 420. The van der Waals surface area contributed by atoms with Crippen molar-refractivity contribution in [2.75, 3.05) is 32.8 Å². The third-order valence-electron chi connectivity index (χ3n) is 5.39. The van der Waals surface area contributed by atoms with Crippen LogP contribution in [0.2, 0.25) is 18.1 Å². The lowest BCUT2D eigenvalue weighted by atomic mass is 10.1. The summed E-state index contributed by atoms with van der Waals surface area (Å²) in [5.41, 5.74) is 0. The number of rotatable bonds is 5. The predicted molar refractivity (Wildman–Crippen MR) is 100 cm³/mol. The summed E-state index contributed by atoms with van der Waals surface area (Å²) in [4.78, 5) is 28.1. The molecule has 1 heterocycles. The van der Waals surface area contributed by atoms with Gasteiger partial charge in [-0.25, -0.2) is 0 Å². The molecule has 0 aromatic heterocycles. The maximum Gasteiger partial charge on any atom is 0.222 e. The van der Waals surface area contributed by atoms with Crippen LogP contribution >= 0.6 is 0 Å². The molecule has 1 rings (SSSR count). The SMILES string of the molecule is CCC(=O)N1CCN(C(=O)CC)CC(CO[Si](C)(C)C(C)(C)C)C1. The van der Waals surface area contributed by atoms with Crippen LogP contribution in [0.1, 0.15) is 47.5 Å². The van der Waals surface area contributed by atoms with Gasteiger partial charge in [-0.15, -0.1) is 0 Å². The second kappa shape index (κ2) is 8.47. The number of hydrogen-bond acceptors (Lipinski definition) is 3. The summed E-state index contributed by atoms with van der Waals surface area (Å²) < 4.78 is 6.38. The Kier molecular flexibility index (Phi) is 7.47. The van der Waals surface area contributed by atoms with Gasteiger partial charge in [-0.05, 0) is 18.1 Å². The Balaban J connectivity index is 2.82. The Morgan fingerprint density at radius 3 is 1.75 bits per heavy atom. The fourth-order valence-electron chi connectivity index (χ4n) is 2.65. The number of carbonyl (C=O) groups excluding carboxylic acids is 2. The molecule has 0 bridgehead atoms. The Hall–Kier alpha value is -0.883. The van der Waals surface area contributed by atoms with E-state index >= 15 is 0 Å². The average molecular weight is 357 g/mol. The molecule has 0 spiro atoms. The number of carbonyl (C=O) groups is 2. The summed E-state index contributed by atoms with van der Waals surface area (Å²) >= 11 is 0. The first-order valence-corrected chi connectivity index (χ1v) is 12.1. The van der Waals surface area contributed by atoms with Gasteiger partial charge in [0, 0.05) is 51.5 Å². The Morgan fingerprint density at radius 1 is 1.00 bits per heavy atom. The predicted octanol–water partition coefficient (Wildman–Crippen LogP) is 3.12. The molecule has 6 heteroatoms. The van der Waals surface area contributed by atoms with Gasteiger partial charge in [0.1, 0.15) is 0 Å². The van der Waals surface area contributed by atoms with E-state index in [0.29, 0.717) is 45.6 Å². The molecule has 0 saturated carbocycles. The summed E-state index contributed by atoms with van der Waals surface area (Å²) in [5, 5.41) is 0.162. The van der Waals surface area contributed by atoms with E-state index in [4.69, 9.17) is 4.43 Å². The molecule has 1 fully saturated rings. The zero-order valence-corrected chi connectivity index (χ0v) is 17.6. The zero-order valence-electron chi connectivity index (χ0n) is 16.6. The molecular formula is C18H36N2O3Si. The van der Waals surface area contributed by atoms with Crippen molar-refractivity contribution in [3.63, 3.8) is 0 Å². The van der Waals surface area contributed by atoms with Crippen LogP contribution in [-0.4, -0.2) is 62.7 Å². The van der Waals surface area contributed by atoms with Gasteiger partial charge in [0.15, 0.2) is 8.32 Å². The topological polar surface area (TPSA) is 49.9 Å². The van der Waals surface area contributed by atoms with Crippen LogP contribution < -0.4 is 0 Å². The molecule has 0 N–H and O–H groups in total. The summed E-state index contributed by atoms with van der Waals surface area (Å²) in [5.74, 6) is 0.517. The lowest BCUT2D eigenvalue weighted by molar-refractivity contribution is -0.133. The molecule has 1 aliphatic rings. The van der Waals surface area contributed by atoms with E-state index in [9.17, 15) is 9.59 Å². The van der Waals surface area contributed by atoms with Crippen molar-refractivity contribution >= 4 is 20.1 Å². The number of amides is 2. The standard InChI is InChI=1S/C18H36N2O3Si/c1-8-16(21)19-10-11-20(17(22)9-2)13-15(12-19)14-23-24(6,7)18(3,4)5/h15H,8-14H2,1-7H3. The average Bonchev–Trinajstić information content (AvgIpc) is 2.73. The van der Waals surface area contributed by atoms with Crippen LogP contribution in [-0.2, 0) is 14.0 Å². The van der Waals surface area contributed by atoms with Crippen molar-refractivity contribution in [3.8, 4) is 0 Å². The maximum atomic E-state index is 12.2. The summed E-state index contributed by atoms with van der Waals surface area (Å²) in [6.07, 6.45) is 1.02. The van der Waals surface area contributed by atoms with E-state index in [1.807, 2.05) is 23.6 Å². The quantitative estimate of drug-likeness (QED) is 0.711. The van der Waals surface area contributed by atoms with Crippen LogP contribution in [0.25, 0.3) is 0 Å². The van der Waals surface area contributed by atoms with Gasteiger partial charge in [0.05, 0.1) is 0 Å². The highest BCUT2D eigenvalue weighted by molar-refractivity contribution is 6.74. The van der Waals surface area contributed by atoms with Gasteiger partial charge in [-0.3, -0.25) is 9.59 Å². The van der Waals surface area contributed by atoms with Gasteiger partial charge in [0.2, 0.25) is 11.8 Å². The normalized spacial score (nSPS) is 17.8. The van der Waals surface area contributed by atoms with Crippen LogP contribution in [0.4, 0.5) is 0 Å². The van der Waals surface area contributed by atoms with Crippen molar-refractivity contribution < 1.29 is 14.0 Å².